The van der Waals surface area contributed by atoms with Crippen molar-refractivity contribution in [3.63, 3.8) is 0 Å². The molecule has 11 nitrogen and oxygen atoms in total. The fourth-order valence-corrected chi connectivity index (χ4v) is 3.78. The van der Waals surface area contributed by atoms with Crippen molar-refractivity contribution >= 4 is 46.1 Å². The van der Waals surface area contributed by atoms with Gasteiger partial charge in [-0.1, -0.05) is 26.5 Å². The first-order valence-electron chi connectivity index (χ1n) is 11.7. The third kappa shape index (κ3) is 6.37. The first kappa shape index (κ1) is 27.1. The molecule has 1 aromatic carbocycles. The Morgan fingerprint density at radius 2 is 1.81 bits per heavy atom. The van der Waals surface area contributed by atoms with Crippen LogP contribution in [0.2, 0.25) is 0 Å². The van der Waals surface area contributed by atoms with Crippen LogP contribution in [-0.2, 0) is 21.4 Å². The summed E-state index contributed by atoms with van der Waals surface area (Å²) in [5, 5.41) is 8.63. The number of ether oxygens (including phenoxy) is 1. The quantitative estimate of drug-likeness (QED) is 0.327. The number of aryl methyl sites for hydroxylation is 1. The van der Waals surface area contributed by atoms with Gasteiger partial charge in [-0.3, -0.25) is 19.0 Å². The molecule has 11 heteroatoms. The van der Waals surface area contributed by atoms with Crippen LogP contribution in [0.25, 0.3) is 10.9 Å². The van der Waals surface area contributed by atoms with Crippen LogP contribution in [0.4, 0.5) is 16.2 Å². The van der Waals surface area contributed by atoms with Crippen molar-refractivity contribution in [2.75, 3.05) is 17.7 Å². The summed E-state index contributed by atoms with van der Waals surface area (Å²) in [6, 6.07) is 6.74. The largest absolute Gasteiger partial charge is 0.445 e. The maximum Gasteiger partial charge on any atom is 0.408 e. The SMILES string of the molecule is C=CCOC(=O)N[C@H](C(=O)N[C@@H](C)C(=O)Nc1ccc2c(ccn2C(=O)c2cc(N)cn2C)c1)C(C)C. The van der Waals surface area contributed by atoms with E-state index in [1.165, 1.54) is 10.6 Å². The Bertz CT molecular complexity index is 1340. The fraction of sp³-hybridized carbons (Fsp3) is 0.308. The summed E-state index contributed by atoms with van der Waals surface area (Å²) in [7, 11) is 1.75. The van der Waals surface area contributed by atoms with Gasteiger partial charge in [-0.2, -0.15) is 0 Å². The average Bonchev–Trinajstić information content (AvgIpc) is 3.42. The Morgan fingerprint density at radius 1 is 1.08 bits per heavy atom. The summed E-state index contributed by atoms with van der Waals surface area (Å²) >= 11 is 0. The third-order valence-corrected chi connectivity index (χ3v) is 5.73. The number of amides is 3. The first-order valence-corrected chi connectivity index (χ1v) is 11.7. The highest BCUT2D eigenvalue weighted by Gasteiger charge is 2.27. The van der Waals surface area contributed by atoms with Crippen LogP contribution in [-0.4, -0.2) is 51.6 Å². The molecule has 0 unspecified atom stereocenters. The standard InChI is InChI=1S/C26H32N6O5/c1-6-11-37-26(36)30-22(15(2)3)24(34)28-16(4)23(33)29-19-7-8-20-17(12-19)9-10-32(20)25(35)21-13-18(27)14-31(21)5/h6-10,12-16,22H,1,11,27H2,2-5H3,(H,28,34)(H,29,33)(H,30,36)/t16-,22-/m0/s1. The van der Waals surface area contributed by atoms with Crippen molar-refractivity contribution in [1.29, 1.82) is 0 Å². The second-order valence-electron chi connectivity index (χ2n) is 9.01. The first-order chi connectivity index (χ1) is 17.5. The molecule has 0 bridgehead atoms. The van der Waals surface area contributed by atoms with Crippen molar-refractivity contribution in [3.05, 3.63) is 61.1 Å². The Hall–Kier alpha value is -4.54. The summed E-state index contributed by atoms with van der Waals surface area (Å²) in [6.45, 7) is 8.55. The van der Waals surface area contributed by atoms with Crippen molar-refractivity contribution in [1.82, 2.24) is 19.8 Å². The molecular weight excluding hydrogens is 476 g/mol. The number of fused-ring (bicyclic) bond motifs is 1. The van der Waals surface area contributed by atoms with Gasteiger partial charge >= 0.3 is 6.09 Å². The summed E-state index contributed by atoms with van der Waals surface area (Å²) in [5.41, 5.74) is 7.90. The molecule has 2 heterocycles. The van der Waals surface area contributed by atoms with Gasteiger partial charge in [0.2, 0.25) is 11.8 Å². The molecule has 196 valence electrons. The topological polar surface area (TPSA) is 149 Å². The van der Waals surface area contributed by atoms with E-state index in [0.717, 1.165) is 5.39 Å². The van der Waals surface area contributed by atoms with Crippen molar-refractivity contribution in [3.8, 4) is 0 Å². The van der Waals surface area contributed by atoms with Crippen LogP contribution in [0.15, 0.2) is 55.4 Å². The van der Waals surface area contributed by atoms with Crippen LogP contribution < -0.4 is 21.7 Å². The van der Waals surface area contributed by atoms with Crippen molar-refractivity contribution in [2.45, 2.75) is 32.9 Å². The molecule has 3 amide bonds. The molecule has 3 rings (SSSR count). The van der Waals surface area contributed by atoms with E-state index in [0.29, 0.717) is 22.6 Å². The van der Waals surface area contributed by atoms with E-state index in [2.05, 4.69) is 22.5 Å². The summed E-state index contributed by atoms with van der Waals surface area (Å²) < 4.78 is 8.06. The molecule has 0 saturated carbocycles. The molecule has 2 atom stereocenters. The number of nitrogens with two attached hydrogens (primary N) is 1. The van der Waals surface area contributed by atoms with Gasteiger partial charge in [-0.25, -0.2) is 4.79 Å². The number of carbonyl (C=O) groups excluding carboxylic acids is 4. The molecule has 0 aliphatic rings. The number of nitrogens with one attached hydrogen (secondary N) is 3. The van der Waals surface area contributed by atoms with E-state index in [4.69, 9.17) is 10.5 Å². The summed E-state index contributed by atoms with van der Waals surface area (Å²) in [6.07, 6.45) is 3.99. The lowest BCUT2D eigenvalue weighted by Crippen LogP contribution is -2.53. The average molecular weight is 509 g/mol. The van der Waals surface area contributed by atoms with E-state index in [-0.39, 0.29) is 18.4 Å². The Kier molecular flexibility index (Phi) is 8.38. The maximum atomic E-state index is 13.0. The van der Waals surface area contributed by atoms with Gasteiger partial charge in [0, 0.05) is 30.5 Å². The minimum atomic E-state index is -0.888. The fourth-order valence-electron chi connectivity index (χ4n) is 3.78. The number of benzene rings is 1. The highest BCUT2D eigenvalue weighted by molar-refractivity contribution is 6.03. The zero-order valence-corrected chi connectivity index (χ0v) is 21.3. The molecule has 0 saturated heterocycles. The van der Waals surface area contributed by atoms with E-state index < -0.39 is 30.0 Å². The van der Waals surface area contributed by atoms with E-state index >= 15 is 0 Å². The van der Waals surface area contributed by atoms with Gasteiger partial charge < -0.3 is 31.0 Å². The van der Waals surface area contributed by atoms with Gasteiger partial charge in [0.1, 0.15) is 24.4 Å². The van der Waals surface area contributed by atoms with Gasteiger partial charge in [0.15, 0.2) is 0 Å². The van der Waals surface area contributed by atoms with E-state index in [9.17, 15) is 19.2 Å². The van der Waals surface area contributed by atoms with Crippen LogP contribution in [0.1, 0.15) is 31.3 Å². The maximum absolute atomic E-state index is 13.0. The Balaban J connectivity index is 1.66. The number of aromatic nitrogens is 2. The van der Waals surface area contributed by atoms with Gasteiger partial charge in [-0.15, -0.1) is 0 Å². The number of anilines is 2. The summed E-state index contributed by atoms with van der Waals surface area (Å²) in [5.74, 6) is -1.43. The predicted octanol–water partition coefficient (Wildman–Crippen LogP) is 2.63. The highest BCUT2D eigenvalue weighted by atomic mass is 16.5. The van der Waals surface area contributed by atoms with Crippen LogP contribution in [0, 0.1) is 5.92 Å². The number of alkyl carbamates (subject to hydrolysis) is 1. The molecule has 0 fully saturated rings. The molecule has 0 aliphatic carbocycles. The lowest BCUT2D eigenvalue weighted by molar-refractivity contribution is -0.128. The highest BCUT2D eigenvalue weighted by Crippen LogP contribution is 2.22. The molecule has 3 aromatic rings. The molecule has 2 aromatic heterocycles. The lowest BCUT2D eigenvalue weighted by Gasteiger charge is -2.23. The lowest BCUT2D eigenvalue weighted by atomic mass is 10.0. The molecule has 5 N–H and O–H groups in total. The number of nitrogen functional groups attached to an aromatic ring is 1. The molecule has 0 radical (unpaired) electrons. The van der Waals surface area contributed by atoms with E-state index in [1.807, 2.05) is 0 Å². The molecular formula is C26H32N6O5. The van der Waals surface area contributed by atoms with Crippen LogP contribution in [0.3, 0.4) is 0 Å². The number of hydrogen-bond donors (Lipinski definition) is 4. The Morgan fingerprint density at radius 3 is 2.43 bits per heavy atom. The molecule has 37 heavy (non-hydrogen) atoms. The number of nitrogens with zero attached hydrogens (tertiary/aromatic N) is 2. The number of carbonyl (C=O) groups is 4. The molecule has 0 spiro atoms. The Labute approximate surface area is 214 Å². The summed E-state index contributed by atoms with van der Waals surface area (Å²) in [4.78, 5) is 50.3. The van der Waals surface area contributed by atoms with Crippen LogP contribution >= 0.6 is 0 Å². The molecule has 0 aliphatic heterocycles. The number of hydrogen-bond acceptors (Lipinski definition) is 6. The second kappa shape index (κ2) is 11.5. The van der Waals surface area contributed by atoms with Crippen molar-refractivity contribution < 1.29 is 23.9 Å². The minimum absolute atomic E-state index is 0.0136. The van der Waals surface area contributed by atoms with Crippen LogP contribution in [0.5, 0.6) is 0 Å². The van der Waals surface area contributed by atoms with Gasteiger partial charge in [0.25, 0.3) is 5.91 Å². The predicted molar refractivity (Wildman–Crippen MR) is 141 cm³/mol. The minimum Gasteiger partial charge on any atom is -0.445 e. The van der Waals surface area contributed by atoms with E-state index in [1.54, 1.807) is 75.1 Å². The zero-order valence-electron chi connectivity index (χ0n) is 21.3. The van der Waals surface area contributed by atoms with Gasteiger partial charge in [-0.05, 0) is 43.2 Å². The zero-order chi connectivity index (χ0) is 27.3. The van der Waals surface area contributed by atoms with Gasteiger partial charge in [0.05, 0.1) is 11.2 Å². The number of rotatable bonds is 9. The second-order valence-corrected chi connectivity index (χ2v) is 9.01. The third-order valence-electron chi connectivity index (χ3n) is 5.73. The normalized spacial score (nSPS) is 12.6. The smallest absolute Gasteiger partial charge is 0.408 e. The monoisotopic (exact) mass is 508 g/mol. The van der Waals surface area contributed by atoms with Crippen molar-refractivity contribution in [2.24, 2.45) is 13.0 Å².